The van der Waals surface area contributed by atoms with Gasteiger partial charge in [0.1, 0.15) is 5.69 Å². The molecular weight excluding hydrogens is 192 g/mol. The molecule has 1 amide bonds. The number of carbonyl (C=O) groups is 1. The van der Waals surface area contributed by atoms with Crippen LogP contribution in [0, 0.1) is 6.92 Å². The summed E-state index contributed by atoms with van der Waals surface area (Å²) in [5.74, 6) is -0.170. The van der Waals surface area contributed by atoms with E-state index < -0.39 is 6.10 Å². The first kappa shape index (κ1) is 11.7. The fraction of sp³-hybridized carbons (Fsp3) is 0.455. The van der Waals surface area contributed by atoms with Gasteiger partial charge in [0.15, 0.2) is 0 Å². The van der Waals surface area contributed by atoms with Crippen LogP contribution < -0.4 is 0 Å². The highest BCUT2D eigenvalue weighted by atomic mass is 16.3. The Labute approximate surface area is 89.6 Å². The molecular formula is C11H16N2O2. The summed E-state index contributed by atoms with van der Waals surface area (Å²) in [4.78, 5) is 17.2. The van der Waals surface area contributed by atoms with Crippen molar-refractivity contribution in [3.63, 3.8) is 0 Å². The number of nitrogens with zero attached hydrogens (tertiary/aromatic N) is 2. The van der Waals surface area contributed by atoms with Crippen LogP contribution in [0.15, 0.2) is 18.3 Å². The van der Waals surface area contributed by atoms with Crippen LogP contribution in [-0.2, 0) is 0 Å². The number of aromatic nitrogens is 1. The van der Waals surface area contributed by atoms with E-state index in [0.717, 1.165) is 5.56 Å². The highest BCUT2D eigenvalue weighted by Crippen LogP contribution is 2.02. The molecule has 0 radical (unpaired) electrons. The molecule has 4 heteroatoms. The van der Waals surface area contributed by atoms with E-state index in [2.05, 4.69) is 4.98 Å². The summed E-state index contributed by atoms with van der Waals surface area (Å²) in [5.41, 5.74) is 1.42. The maximum atomic E-state index is 11.7. The molecule has 15 heavy (non-hydrogen) atoms. The van der Waals surface area contributed by atoms with Crippen LogP contribution in [0.3, 0.4) is 0 Å². The molecule has 0 aliphatic rings. The van der Waals surface area contributed by atoms with Gasteiger partial charge in [-0.1, -0.05) is 6.07 Å². The third kappa shape index (κ3) is 3.32. The highest BCUT2D eigenvalue weighted by Gasteiger charge is 2.13. The van der Waals surface area contributed by atoms with E-state index in [1.807, 2.05) is 13.0 Å². The lowest BCUT2D eigenvalue weighted by Crippen LogP contribution is -2.33. The average molecular weight is 208 g/mol. The Morgan fingerprint density at radius 1 is 1.60 bits per heavy atom. The molecule has 0 aliphatic heterocycles. The molecule has 0 fully saturated rings. The second-order valence-corrected chi connectivity index (χ2v) is 3.76. The van der Waals surface area contributed by atoms with Crippen LogP contribution in [0.2, 0.25) is 0 Å². The molecule has 1 unspecified atom stereocenters. The summed E-state index contributed by atoms with van der Waals surface area (Å²) in [5, 5.41) is 9.15. The summed E-state index contributed by atoms with van der Waals surface area (Å²) in [7, 11) is 1.65. The van der Waals surface area contributed by atoms with E-state index in [1.165, 1.54) is 4.90 Å². The van der Waals surface area contributed by atoms with Crippen molar-refractivity contribution >= 4 is 5.91 Å². The van der Waals surface area contributed by atoms with Crippen LogP contribution in [-0.4, -0.2) is 40.6 Å². The number of amides is 1. The number of aliphatic hydroxyl groups excluding tert-OH is 1. The molecule has 0 bridgehead atoms. The predicted octanol–water partition coefficient (Wildman–Crippen LogP) is 0.843. The van der Waals surface area contributed by atoms with E-state index in [1.54, 1.807) is 26.2 Å². The Morgan fingerprint density at radius 2 is 2.27 bits per heavy atom. The largest absolute Gasteiger partial charge is 0.392 e. The molecule has 0 saturated heterocycles. The highest BCUT2D eigenvalue weighted by molar-refractivity contribution is 5.92. The smallest absolute Gasteiger partial charge is 0.272 e. The maximum Gasteiger partial charge on any atom is 0.272 e. The fourth-order valence-electron chi connectivity index (χ4n) is 1.27. The molecule has 1 aromatic heterocycles. The minimum Gasteiger partial charge on any atom is -0.392 e. The lowest BCUT2D eigenvalue weighted by atomic mass is 10.2. The molecule has 1 aromatic rings. The van der Waals surface area contributed by atoms with Gasteiger partial charge in [-0.15, -0.1) is 0 Å². The van der Waals surface area contributed by atoms with Crippen LogP contribution in [0.5, 0.6) is 0 Å². The number of aliphatic hydroxyl groups is 1. The van der Waals surface area contributed by atoms with E-state index in [-0.39, 0.29) is 5.91 Å². The number of hydrogen-bond acceptors (Lipinski definition) is 3. The number of aryl methyl sites for hydroxylation is 1. The molecule has 0 aromatic carbocycles. The van der Waals surface area contributed by atoms with Crippen molar-refractivity contribution in [1.29, 1.82) is 0 Å². The lowest BCUT2D eigenvalue weighted by Gasteiger charge is -2.18. The van der Waals surface area contributed by atoms with Crippen molar-refractivity contribution in [3.8, 4) is 0 Å². The van der Waals surface area contributed by atoms with Gasteiger partial charge in [-0.05, 0) is 25.5 Å². The normalized spacial score (nSPS) is 12.3. The molecule has 1 N–H and O–H groups in total. The number of carbonyl (C=O) groups excluding carboxylic acids is 1. The Bertz CT molecular complexity index is 333. The first-order valence-electron chi connectivity index (χ1n) is 4.87. The Kier molecular flexibility index (Phi) is 3.80. The van der Waals surface area contributed by atoms with E-state index in [4.69, 9.17) is 5.11 Å². The van der Waals surface area contributed by atoms with Crippen molar-refractivity contribution in [2.45, 2.75) is 20.0 Å². The minimum absolute atomic E-state index is 0.170. The summed E-state index contributed by atoms with van der Waals surface area (Å²) >= 11 is 0. The van der Waals surface area contributed by atoms with Gasteiger partial charge in [0.2, 0.25) is 0 Å². The first-order valence-corrected chi connectivity index (χ1v) is 4.87. The number of likely N-dealkylation sites (N-methyl/N-ethyl adjacent to an activating group) is 1. The van der Waals surface area contributed by atoms with E-state index >= 15 is 0 Å². The van der Waals surface area contributed by atoms with Crippen molar-refractivity contribution in [1.82, 2.24) is 9.88 Å². The van der Waals surface area contributed by atoms with Crippen molar-refractivity contribution in [2.75, 3.05) is 13.6 Å². The molecule has 82 valence electrons. The molecule has 4 nitrogen and oxygen atoms in total. The Balaban J connectivity index is 2.72. The molecule has 1 heterocycles. The second kappa shape index (κ2) is 4.89. The zero-order chi connectivity index (χ0) is 11.4. The summed E-state index contributed by atoms with van der Waals surface area (Å²) in [6.07, 6.45) is 1.13. The molecule has 0 spiro atoms. The topological polar surface area (TPSA) is 53.4 Å². The third-order valence-electron chi connectivity index (χ3n) is 2.02. The van der Waals surface area contributed by atoms with Gasteiger partial charge >= 0.3 is 0 Å². The molecule has 1 atom stereocenters. The lowest BCUT2D eigenvalue weighted by molar-refractivity contribution is 0.0698. The number of pyridine rings is 1. The van der Waals surface area contributed by atoms with Gasteiger partial charge in [0.05, 0.1) is 6.10 Å². The Morgan fingerprint density at radius 3 is 2.73 bits per heavy atom. The van der Waals surface area contributed by atoms with Crippen LogP contribution in [0.25, 0.3) is 0 Å². The van der Waals surface area contributed by atoms with Crippen LogP contribution in [0.4, 0.5) is 0 Å². The second-order valence-electron chi connectivity index (χ2n) is 3.76. The summed E-state index contributed by atoms with van der Waals surface area (Å²) in [6.45, 7) is 3.88. The molecule has 0 saturated carbocycles. The number of hydrogen-bond donors (Lipinski definition) is 1. The zero-order valence-corrected chi connectivity index (χ0v) is 9.27. The van der Waals surface area contributed by atoms with Crippen molar-refractivity contribution < 1.29 is 9.90 Å². The maximum absolute atomic E-state index is 11.7. The van der Waals surface area contributed by atoms with Crippen LogP contribution >= 0.6 is 0 Å². The summed E-state index contributed by atoms with van der Waals surface area (Å²) in [6, 6.07) is 3.53. The monoisotopic (exact) mass is 208 g/mol. The standard InChI is InChI=1S/C11H16N2O2/c1-8-4-5-10(12-6-8)11(15)13(3)7-9(2)14/h4-6,9,14H,7H2,1-3H3. The SMILES string of the molecule is Cc1ccc(C(=O)N(C)CC(C)O)nc1. The van der Waals surface area contributed by atoms with Gasteiger partial charge < -0.3 is 10.0 Å². The third-order valence-corrected chi connectivity index (χ3v) is 2.02. The van der Waals surface area contributed by atoms with Crippen LogP contribution in [0.1, 0.15) is 23.0 Å². The average Bonchev–Trinajstić information content (AvgIpc) is 2.17. The predicted molar refractivity (Wildman–Crippen MR) is 57.6 cm³/mol. The quantitative estimate of drug-likeness (QED) is 0.801. The van der Waals surface area contributed by atoms with Crippen molar-refractivity contribution in [3.05, 3.63) is 29.6 Å². The van der Waals surface area contributed by atoms with Gasteiger partial charge in [-0.25, -0.2) is 0 Å². The minimum atomic E-state index is -0.524. The number of rotatable bonds is 3. The van der Waals surface area contributed by atoms with Gasteiger partial charge in [-0.2, -0.15) is 0 Å². The molecule has 0 aliphatic carbocycles. The van der Waals surface area contributed by atoms with Gasteiger partial charge in [0, 0.05) is 19.8 Å². The molecule has 1 rings (SSSR count). The summed E-state index contributed by atoms with van der Waals surface area (Å²) < 4.78 is 0. The van der Waals surface area contributed by atoms with Gasteiger partial charge in [0.25, 0.3) is 5.91 Å². The van der Waals surface area contributed by atoms with E-state index in [9.17, 15) is 4.79 Å². The Hall–Kier alpha value is -1.42. The fourth-order valence-corrected chi connectivity index (χ4v) is 1.27. The zero-order valence-electron chi connectivity index (χ0n) is 9.27. The first-order chi connectivity index (χ1) is 7.00. The van der Waals surface area contributed by atoms with Crippen molar-refractivity contribution in [2.24, 2.45) is 0 Å². The van der Waals surface area contributed by atoms with Gasteiger partial charge in [-0.3, -0.25) is 9.78 Å². The van der Waals surface area contributed by atoms with E-state index in [0.29, 0.717) is 12.2 Å².